The summed E-state index contributed by atoms with van der Waals surface area (Å²) in [5.74, 6) is -0.0629. The maximum atomic E-state index is 10.6. The molecule has 4 heteroatoms. The van der Waals surface area contributed by atoms with Crippen molar-refractivity contribution in [1.82, 2.24) is 4.98 Å². The minimum atomic E-state index is -0.824. The number of nitrogens with zero attached hydrogens (tertiary/aromatic N) is 1. The molecule has 19 heavy (non-hydrogen) atoms. The predicted molar refractivity (Wildman–Crippen MR) is 71.1 cm³/mol. The minimum Gasteiger partial charge on any atom is -0.487 e. The SMILES string of the molecule is Cc1ncccc1OCc1ccc(CC(=O)O)cc1. The Morgan fingerprint density at radius 1 is 1.21 bits per heavy atom. The number of hydrogen-bond acceptors (Lipinski definition) is 3. The molecule has 1 aromatic carbocycles. The van der Waals surface area contributed by atoms with Crippen molar-refractivity contribution >= 4 is 5.97 Å². The van der Waals surface area contributed by atoms with Gasteiger partial charge in [0.25, 0.3) is 0 Å². The fourth-order valence-electron chi connectivity index (χ4n) is 1.71. The maximum absolute atomic E-state index is 10.6. The number of benzene rings is 1. The highest BCUT2D eigenvalue weighted by molar-refractivity contribution is 5.70. The molecule has 0 atom stereocenters. The molecule has 0 radical (unpaired) electrons. The summed E-state index contributed by atoms with van der Waals surface area (Å²) < 4.78 is 5.66. The Kier molecular flexibility index (Phi) is 4.13. The number of carboxylic acids is 1. The fraction of sp³-hybridized carbons (Fsp3) is 0.200. The highest BCUT2D eigenvalue weighted by Crippen LogP contribution is 2.16. The van der Waals surface area contributed by atoms with Crippen LogP contribution in [0, 0.1) is 6.92 Å². The average molecular weight is 257 g/mol. The first-order valence-electron chi connectivity index (χ1n) is 5.99. The highest BCUT2D eigenvalue weighted by atomic mass is 16.5. The van der Waals surface area contributed by atoms with Gasteiger partial charge in [-0.3, -0.25) is 9.78 Å². The first kappa shape index (κ1) is 13.1. The van der Waals surface area contributed by atoms with E-state index < -0.39 is 5.97 Å². The molecule has 0 aliphatic heterocycles. The van der Waals surface area contributed by atoms with Gasteiger partial charge in [0.1, 0.15) is 12.4 Å². The Bertz CT molecular complexity index is 564. The molecule has 4 nitrogen and oxygen atoms in total. The molecule has 0 saturated heterocycles. The van der Waals surface area contributed by atoms with Gasteiger partial charge in [0, 0.05) is 6.20 Å². The average Bonchev–Trinajstić information content (AvgIpc) is 2.39. The number of carboxylic acid groups (broad SMARTS) is 1. The number of rotatable bonds is 5. The van der Waals surface area contributed by atoms with E-state index in [1.807, 2.05) is 43.3 Å². The number of aryl methyl sites for hydroxylation is 1. The summed E-state index contributed by atoms with van der Waals surface area (Å²) in [6, 6.07) is 11.1. The standard InChI is InChI=1S/C15H15NO3/c1-11-14(3-2-8-16-11)19-10-13-6-4-12(5-7-13)9-15(17)18/h2-8H,9-10H2,1H3,(H,17,18). The monoisotopic (exact) mass is 257 g/mol. The highest BCUT2D eigenvalue weighted by Gasteiger charge is 2.02. The van der Waals surface area contributed by atoms with Gasteiger partial charge in [-0.25, -0.2) is 0 Å². The molecule has 1 heterocycles. The molecular weight excluding hydrogens is 242 g/mol. The van der Waals surface area contributed by atoms with Crippen LogP contribution in [0.15, 0.2) is 42.6 Å². The lowest BCUT2D eigenvalue weighted by Crippen LogP contribution is -2.01. The van der Waals surface area contributed by atoms with Crippen LogP contribution in [-0.2, 0) is 17.8 Å². The van der Waals surface area contributed by atoms with E-state index in [-0.39, 0.29) is 6.42 Å². The third-order valence-corrected chi connectivity index (χ3v) is 2.73. The van der Waals surface area contributed by atoms with E-state index in [4.69, 9.17) is 9.84 Å². The van der Waals surface area contributed by atoms with Crippen LogP contribution >= 0.6 is 0 Å². The molecule has 98 valence electrons. The Labute approximate surface area is 111 Å². The van der Waals surface area contributed by atoms with Crippen LogP contribution in [0.1, 0.15) is 16.8 Å². The zero-order chi connectivity index (χ0) is 13.7. The van der Waals surface area contributed by atoms with E-state index in [0.717, 1.165) is 22.6 Å². The zero-order valence-electron chi connectivity index (χ0n) is 10.7. The number of ether oxygens (including phenoxy) is 1. The van der Waals surface area contributed by atoms with Crippen LogP contribution in [0.5, 0.6) is 5.75 Å². The Morgan fingerprint density at radius 3 is 2.53 bits per heavy atom. The molecular formula is C15H15NO3. The van der Waals surface area contributed by atoms with E-state index in [2.05, 4.69) is 4.98 Å². The smallest absolute Gasteiger partial charge is 0.307 e. The van der Waals surface area contributed by atoms with E-state index in [9.17, 15) is 4.79 Å². The van der Waals surface area contributed by atoms with Crippen LogP contribution in [0.25, 0.3) is 0 Å². The van der Waals surface area contributed by atoms with Crippen LogP contribution in [-0.4, -0.2) is 16.1 Å². The summed E-state index contributed by atoms with van der Waals surface area (Å²) in [7, 11) is 0. The molecule has 0 bridgehead atoms. The van der Waals surface area contributed by atoms with E-state index in [1.54, 1.807) is 6.20 Å². The number of aliphatic carboxylic acids is 1. The molecule has 0 fully saturated rings. The predicted octanol–water partition coefficient (Wildman–Crippen LogP) is 2.60. The Hall–Kier alpha value is -2.36. The van der Waals surface area contributed by atoms with E-state index in [0.29, 0.717) is 6.61 Å². The van der Waals surface area contributed by atoms with Crippen LogP contribution in [0.4, 0.5) is 0 Å². The number of aromatic nitrogens is 1. The number of hydrogen-bond donors (Lipinski definition) is 1. The fourth-order valence-corrected chi connectivity index (χ4v) is 1.71. The van der Waals surface area contributed by atoms with Crippen molar-refractivity contribution < 1.29 is 14.6 Å². The van der Waals surface area contributed by atoms with Crippen molar-refractivity contribution in [3.8, 4) is 5.75 Å². The summed E-state index contributed by atoms with van der Waals surface area (Å²) in [5, 5.41) is 8.69. The topological polar surface area (TPSA) is 59.4 Å². The molecule has 0 aliphatic carbocycles. The lowest BCUT2D eigenvalue weighted by Gasteiger charge is -2.08. The second-order valence-corrected chi connectivity index (χ2v) is 4.26. The van der Waals surface area contributed by atoms with Gasteiger partial charge in [-0.05, 0) is 30.2 Å². The molecule has 0 amide bonds. The summed E-state index contributed by atoms with van der Waals surface area (Å²) in [6.07, 6.45) is 1.77. The third-order valence-electron chi connectivity index (χ3n) is 2.73. The summed E-state index contributed by atoms with van der Waals surface area (Å²) in [6.45, 7) is 2.34. The Morgan fingerprint density at radius 2 is 1.89 bits per heavy atom. The molecule has 0 saturated carbocycles. The Balaban J connectivity index is 1.97. The normalized spacial score (nSPS) is 10.2. The van der Waals surface area contributed by atoms with Crippen LogP contribution < -0.4 is 4.74 Å². The van der Waals surface area contributed by atoms with Crippen molar-refractivity contribution in [2.75, 3.05) is 0 Å². The lowest BCUT2D eigenvalue weighted by molar-refractivity contribution is -0.136. The maximum Gasteiger partial charge on any atom is 0.307 e. The second-order valence-electron chi connectivity index (χ2n) is 4.26. The van der Waals surface area contributed by atoms with Crippen LogP contribution in [0.3, 0.4) is 0 Å². The summed E-state index contributed by atoms with van der Waals surface area (Å²) in [4.78, 5) is 14.7. The number of pyridine rings is 1. The van der Waals surface area contributed by atoms with Crippen molar-refractivity contribution in [1.29, 1.82) is 0 Å². The molecule has 0 spiro atoms. The van der Waals surface area contributed by atoms with Gasteiger partial charge in [0.05, 0.1) is 12.1 Å². The largest absolute Gasteiger partial charge is 0.487 e. The summed E-state index contributed by atoms with van der Waals surface area (Å²) >= 11 is 0. The van der Waals surface area contributed by atoms with Crippen molar-refractivity contribution in [2.45, 2.75) is 20.0 Å². The van der Waals surface area contributed by atoms with Crippen molar-refractivity contribution in [3.05, 3.63) is 59.4 Å². The minimum absolute atomic E-state index is 0.0445. The molecule has 2 aromatic rings. The van der Waals surface area contributed by atoms with Gasteiger partial charge in [0.2, 0.25) is 0 Å². The molecule has 2 rings (SSSR count). The number of carbonyl (C=O) groups is 1. The third kappa shape index (κ3) is 3.81. The molecule has 0 unspecified atom stereocenters. The zero-order valence-corrected chi connectivity index (χ0v) is 10.7. The second kappa shape index (κ2) is 6.00. The van der Waals surface area contributed by atoms with Gasteiger partial charge in [0.15, 0.2) is 0 Å². The van der Waals surface area contributed by atoms with E-state index >= 15 is 0 Å². The molecule has 1 aromatic heterocycles. The summed E-state index contributed by atoms with van der Waals surface area (Å²) in [5.41, 5.74) is 2.64. The molecule has 1 N–H and O–H groups in total. The van der Waals surface area contributed by atoms with Crippen LogP contribution in [0.2, 0.25) is 0 Å². The van der Waals surface area contributed by atoms with Gasteiger partial charge in [-0.2, -0.15) is 0 Å². The van der Waals surface area contributed by atoms with Gasteiger partial charge in [-0.15, -0.1) is 0 Å². The first-order chi connectivity index (χ1) is 9.15. The van der Waals surface area contributed by atoms with E-state index in [1.165, 1.54) is 0 Å². The first-order valence-corrected chi connectivity index (χ1v) is 5.99. The van der Waals surface area contributed by atoms with Gasteiger partial charge < -0.3 is 9.84 Å². The van der Waals surface area contributed by atoms with Gasteiger partial charge >= 0.3 is 5.97 Å². The molecule has 0 aliphatic rings. The van der Waals surface area contributed by atoms with Gasteiger partial charge in [-0.1, -0.05) is 24.3 Å². The van der Waals surface area contributed by atoms with Crippen molar-refractivity contribution in [2.24, 2.45) is 0 Å². The lowest BCUT2D eigenvalue weighted by atomic mass is 10.1. The van der Waals surface area contributed by atoms with Crippen molar-refractivity contribution in [3.63, 3.8) is 0 Å². The quantitative estimate of drug-likeness (QED) is 0.894.